The van der Waals surface area contributed by atoms with Gasteiger partial charge in [0.05, 0.1) is 10.5 Å². The zero-order valence-corrected chi connectivity index (χ0v) is 10.5. The van der Waals surface area contributed by atoms with Crippen LogP contribution in [0.1, 0.15) is 34.6 Å². The van der Waals surface area contributed by atoms with Crippen LogP contribution in [-0.2, 0) is 0 Å². The van der Waals surface area contributed by atoms with Crippen LogP contribution in [-0.4, -0.2) is 28.5 Å². The van der Waals surface area contributed by atoms with Gasteiger partial charge in [0.15, 0.2) is 0 Å². The number of aromatic carboxylic acids is 1. The van der Waals surface area contributed by atoms with Gasteiger partial charge in [-0.1, -0.05) is 13.8 Å². The fourth-order valence-corrected chi connectivity index (χ4v) is 1.40. The number of hydrogen-bond acceptors (Lipinski definition) is 4. The molecule has 1 aromatic carbocycles. The first-order valence-electron chi connectivity index (χ1n) is 5.63. The Morgan fingerprint density at radius 2 is 2.05 bits per heavy atom. The highest BCUT2D eigenvalue weighted by Crippen LogP contribution is 2.20. The molecule has 0 spiro atoms. The summed E-state index contributed by atoms with van der Waals surface area (Å²) < 4.78 is 0. The van der Waals surface area contributed by atoms with Crippen molar-refractivity contribution in [2.24, 2.45) is 5.92 Å². The summed E-state index contributed by atoms with van der Waals surface area (Å²) in [5.74, 6) is -1.66. The number of carbonyl (C=O) groups excluding carboxylic acids is 1. The molecule has 0 saturated carbocycles. The van der Waals surface area contributed by atoms with Crippen molar-refractivity contribution >= 4 is 17.6 Å². The molecule has 0 aliphatic rings. The number of nitro benzene ring substituents is 1. The number of carboxylic acid groups (broad SMARTS) is 1. The lowest BCUT2D eigenvalue weighted by Gasteiger charge is -2.08. The zero-order chi connectivity index (χ0) is 14.6. The van der Waals surface area contributed by atoms with Crippen molar-refractivity contribution in [1.29, 1.82) is 0 Å². The van der Waals surface area contributed by atoms with E-state index in [0.29, 0.717) is 6.54 Å². The third-order valence-electron chi connectivity index (χ3n) is 2.36. The Labute approximate surface area is 109 Å². The molecule has 0 saturated heterocycles. The molecule has 0 aliphatic carbocycles. The predicted octanol–water partition coefficient (Wildman–Crippen LogP) is 1.68. The quantitative estimate of drug-likeness (QED) is 0.622. The topological polar surface area (TPSA) is 110 Å². The highest BCUT2D eigenvalue weighted by Gasteiger charge is 2.22. The van der Waals surface area contributed by atoms with Crippen molar-refractivity contribution in [1.82, 2.24) is 5.32 Å². The van der Waals surface area contributed by atoms with Gasteiger partial charge in [0.25, 0.3) is 11.6 Å². The van der Waals surface area contributed by atoms with E-state index in [4.69, 9.17) is 5.11 Å². The van der Waals surface area contributed by atoms with Crippen molar-refractivity contribution in [2.75, 3.05) is 6.54 Å². The van der Waals surface area contributed by atoms with Crippen molar-refractivity contribution in [2.45, 2.75) is 13.8 Å². The molecule has 7 nitrogen and oxygen atoms in total. The summed E-state index contributed by atoms with van der Waals surface area (Å²) in [4.78, 5) is 32.6. The van der Waals surface area contributed by atoms with Gasteiger partial charge in [-0.3, -0.25) is 14.9 Å². The molecule has 19 heavy (non-hydrogen) atoms. The first kappa shape index (κ1) is 14.6. The summed E-state index contributed by atoms with van der Waals surface area (Å²) in [5.41, 5.74) is -0.885. The molecule has 0 heterocycles. The third kappa shape index (κ3) is 3.77. The average molecular weight is 266 g/mol. The van der Waals surface area contributed by atoms with Crippen LogP contribution in [0.4, 0.5) is 5.69 Å². The van der Waals surface area contributed by atoms with Gasteiger partial charge in [0, 0.05) is 12.6 Å². The first-order valence-corrected chi connectivity index (χ1v) is 5.63. The SMILES string of the molecule is CC(C)CNC(=O)c1ccc(C(=O)O)cc1[N+](=O)[O-]. The van der Waals surface area contributed by atoms with Crippen LogP contribution in [0.5, 0.6) is 0 Å². The van der Waals surface area contributed by atoms with Gasteiger partial charge in [0.2, 0.25) is 0 Å². The Morgan fingerprint density at radius 3 is 2.53 bits per heavy atom. The van der Waals surface area contributed by atoms with Crippen LogP contribution in [0.3, 0.4) is 0 Å². The number of benzene rings is 1. The highest BCUT2D eigenvalue weighted by atomic mass is 16.6. The molecule has 102 valence electrons. The summed E-state index contributed by atoms with van der Waals surface area (Å²) in [6, 6.07) is 3.20. The second-order valence-corrected chi connectivity index (χ2v) is 4.40. The molecule has 0 radical (unpaired) electrons. The van der Waals surface area contributed by atoms with Crippen LogP contribution in [0.15, 0.2) is 18.2 Å². The van der Waals surface area contributed by atoms with E-state index in [1.54, 1.807) is 0 Å². The first-order chi connectivity index (χ1) is 8.82. The summed E-state index contributed by atoms with van der Waals surface area (Å²) in [5, 5.41) is 22.2. The molecule has 0 bridgehead atoms. The second-order valence-electron chi connectivity index (χ2n) is 4.40. The normalized spacial score (nSPS) is 10.3. The molecular weight excluding hydrogens is 252 g/mol. The van der Waals surface area contributed by atoms with Gasteiger partial charge in [-0.25, -0.2) is 4.79 Å². The van der Waals surface area contributed by atoms with Crippen molar-refractivity contribution < 1.29 is 19.6 Å². The van der Waals surface area contributed by atoms with Gasteiger partial charge in [-0.2, -0.15) is 0 Å². The number of rotatable bonds is 5. The minimum absolute atomic E-state index is 0.143. The largest absolute Gasteiger partial charge is 0.478 e. The standard InChI is InChI=1S/C12H14N2O5/c1-7(2)6-13-11(15)9-4-3-8(12(16)17)5-10(9)14(18)19/h3-5,7H,6H2,1-2H3,(H,13,15)(H,16,17). The summed E-state index contributed by atoms with van der Waals surface area (Å²) in [6.45, 7) is 4.17. The van der Waals surface area contributed by atoms with E-state index < -0.39 is 22.5 Å². The Balaban J connectivity index is 3.09. The molecule has 1 amide bonds. The van der Waals surface area contributed by atoms with E-state index in [1.165, 1.54) is 6.07 Å². The van der Waals surface area contributed by atoms with E-state index in [2.05, 4.69) is 5.32 Å². The number of nitro groups is 1. The Hall–Kier alpha value is -2.44. The number of carboxylic acids is 1. The van der Waals surface area contributed by atoms with Crippen LogP contribution < -0.4 is 5.32 Å². The minimum atomic E-state index is -1.28. The summed E-state index contributed by atoms with van der Waals surface area (Å²) in [7, 11) is 0. The molecule has 0 unspecified atom stereocenters. The van der Waals surface area contributed by atoms with Crippen molar-refractivity contribution in [3.63, 3.8) is 0 Å². The number of nitrogens with zero attached hydrogens (tertiary/aromatic N) is 1. The average Bonchev–Trinajstić information content (AvgIpc) is 2.34. The Bertz CT molecular complexity index is 525. The van der Waals surface area contributed by atoms with E-state index in [1.807, 2.05) is 13.8 Å². The van der Waals surface area contributed by atoms with Crippen LogP contribution in [0.2, 0.25) is 0 Å². The van der Waals surface area contributed by atoms with E-state index >= 15 is 0 Å². The van der Waals surface area contributed by atoms with Crippen LogP contribution in [0.25, 0.3) is 0 Å². The number of amides is 1. The second kappa shape index (κ2) is 5.94. The molecule has 0 atom stereocenters. The van der Waals surface area contributed by atoms with Gasteiger partial charge in [-0.05, 0) is 18.1 Å². The molecular formula is C12H14N2O5. The highest BCUT2D eigenvalue weighted by molar-refractivity contribution is 6.00. The van der Waals surface area contributed by atoms with Crippen LogP contribution >= 0.6 is 0 Å². The predicted molar refractivity (Wildman–Crippen MR) is 67.2 cm³/mol. The lowest BCUT2D eigenvalue weighted by Crippen LogP contribution is -2.28. The molecule has 1 rings (SSSR count). The summed E-state index contributed by atoms with van der Waals surface area (Å²) in [6.07, 6.45) is 0. The van der Waals surface area contributed by atoms with Crippen LogP contribution in [0, 0.1) is 16.0 Å². The molecule has 0 aromatic heterocycles. The molecule has 1 aromatic rings. The van der Waals surface area contributed by atoms with Gasteiger partial charge >= 0.3 is 5.97 Å². The lowest BCUT2D eigenvalue weighted by molar-refractivity contribution is -0.385. The molecule has 0 fully saturated rings. The van der Waals surface area contributed by atoms with Gasteiger partial charge in [0.1, 0.15) is 5.56 Å². The number of hydrogen-bond donors (Lipinski definition) is 2. The Kier molecular flexibility index (Phi) is 4.57. The van der Waals surface area contributed by atoms with Gasteiger partial charge < -0.3 is 10.4 Å². The fraction of sp³-hybridized carbons (Fsp3) is 0.333. The minimum Gasteiger partial charge on any atom is -0.478 e. The fourth-order valence-electron chi connectivity index (χ4n) is 1.40. The number of nitrogens with one attached hydrogen (secondary N) is 1. The van der Waals surface area contributed by atoms with Crippen molar-refractivity contribution in [3.8, 4) is 0 Å². The maximum absolute atomic E-state index is 11.8. The molecule has 7 heteroatoms. The maximum atomic E-state index is 11.8. The lowest BCUT2D eigenvalue weighted by atomic mass is 10.1. The third-order valence-corrected chi connectivity index (χ3v) is 2.36. The molecule has 2 N–H and O–H groups in total. The van der Waals surface area contributed by atoms with Crippen molar-refractivity contribution in [3.05, 3.63) is 39.4 Å². The van der Waals surface area contributed by atoms with E-state index in [0.717, 1.165) is 12.1 Å². The zero-order valence-electron chi connectivity index (χ0n) is 10.5. The molecule has 0 aliphatic heterocycles. The maximum Gasteiger partial charge on any atom is 0.335 e. The monoisotopic (exact) mass is 266 g/mol. The summed E-state index contributed by atoms with van der Waals surface area (Å²) >= 11 is 0. The smallest absolute Gasteiger partial charge is 0.335 e. The van der Waals surface area contributed by atoms with Gasteiger partial charge in [-0.15, -0.1) is 0 Å². The number of carbonyl (C=O) groups is 2. The Morgan fingerprint density at radius 1 is 1.42 bits per heavy atom. The van der Waals surface area contributed by atoms with E-state index in [9.17, 15) is 19.7 Å². The van der Waals surface area contributed by atoms with E-state index in [-0.39, 0.29) is 17.0 Å².